The topological polar surface area (TPSA) is 32.3 Å². The molecular weight excluding hydrogens is 172 g/mol. The molecule has 0 aliphatic carbocycles. The first-order valence-electron chi connectivity index (χ1n) is 4.30. The smallest absolute Gasteiger partial charge is 0.240 e. The first-order chi connectivity index (χ1) is 5.79. The van der Waals surface area contributed by atoms with E-state index < -0.39 is 0 Å². The molecule has 1 unspecified atom stereocenters. The van der Waals surface area contributed by atoms with Gasteiger partial charge in [-0.25, -0.2) is 0 Å². The summed E-state index contributed by atoms with van der Waals surface area (Å²) in [7, 11) is 0. The van der Waals surface area contributed by atoms with E-state index in [0.717, 1.165) is 25.4 Å². The Morgan fingerprint density at radius 2 is 2.50 bits per heavy atom. The Hall–Kier alpha value is -0.220. The van der Waals surface area contributed by atoms with Gasteiger partial charge in [-0.3, -0.25) is 10.1 Å². The van der Waals surface area contributed by atoms with Crippen molar-refractivity contribution < 1.29 is 4.79 Å². The third-order valence-corrected chi connectivity index (χ3v) is 2.70. The number of carbonyl (C=O) groups excluding carboxylic acids is 1. The van der Waals surface area contributed by atoms with E-state index in [2.05, 4.69) is 11.6 Å². The van der Waals surface area contributed by atoms with Crippen molar-refractivity contribution in [3.05, 3.63) is 0 Å². The van der Waals surface area contributed by atoms with E-state index in [1.165, 1.54) is 0 Å². The lowest BCUT2D eigenvalue weighted by Gasteiger charge is -2.13. The van der Waals surface area contributed by atoms with Gasteiger partial charge in [0.05, 0.1) is 12.7 Å². The Labute approximate surface area is 77.9 Å². The van der Waals surface area contributed by atoms with Gasteiger partial charge in [0.25, 0.3) is 0 Å². The van der Waals surface area contributed by atoms with Crippen molar-refractivity contribution in [3.63, 3.8) is 0 Å². The van der Waals surface area contributed by atoms with Crippen LogP contribution in [0.5, 0.6) is 0 Å². The number of nitrogens with one attached hydrogen (secondary N) is 1. The normalized spacial score (nSPS) is 23.7. The highest BCUT2D eigenvalue weighted by atomic mass is 32.2. The zero-order valence-electron chi connectivity index (χ0n) is 7.67. The summed E-state index contributed by atoms with van der Waals surface area (Å²) in [5.74, 6) is 1.30. The van der Waals surface area contributed by atoms with E-state index >= 15 is 0 Å². The first-order valence-corrected chi connectivity index (χ1v) is 5.70. The number of amides is 1. The fourth-order valence-electron chi connectivity index (χ4n) is 1.32. The molecule has 1 aliphatic heterocycles. The number of nitrogens with zero attached hydrogens (tertiary/aromatic N) is 1. The highest BCUT2D eigenvalue weighted by molar-refractivity contribution is 7.98. The van der Waals surface area contributed by atoms with Crippen molar-refractivity contribution in [3.8, 4) is 0 Å². The Morgan fingerprint density at radius 3 is 3.00 bits per heavy atom. The number of hydrogen-bond donors (Lipinski definition) is 1. The number of hydrogen-bond acceptors (Lipinski definition) is 3. The Balaban J connectivity index is 2.33. The SMILES string of the molecule is CCC1NCN(CCSC)C1=O. The molecule has 1 aliphatic rings. The fourth-order valence-corrected chi connectivity index (χ4v) is 1.72. The van der Waals surface area contributed by atoms with Crippen molar-refractivity contribution in [2.24, 2.45) is 0 Å². The van der Waals surface area contributed by atoms with Crippen molar-refractivity contribution in [2.45, 2.75) is 19.4 Å². The molecule has 0 aromatic rings. The van der Waals surface area contributed by atoms with E-state index in [1.807, 2.05) is 11.8 Å². The van der Waals surface area contributed by atoms with Gasteiger partial charge in [0.15, 0.2) is 0 Å². The molecule has 0 aromatic heterocycles. The number of thioether (sulfide) groups is 1. The van der Waals surface area contributed by atoms with Gasteiger partial charge in [0, 0.05) is 12.3 Å². The van der Waals surface area contributed by atoms with Crippen LogP contribution in [-0.2, 0) is 4.79 Å². The second-order valence-electron chi connectivity index (χ2n) is 2.92. The molecule has 1 heterocycles. The van der Waals surface area contributed by atoms with Gasteiger partial charge in [-0.15, -0.1) is 0 Å². The van der Waals surface area contributed by atoms with Crippen molar-refractivity contribution in [1.82, 2.24) is 10.2 Å². The Morgan fingerprint density at radius 1 is 1.75 bits per heavy atom. The summed E-state index contributed by atoms with van der Waals surface area (Å²) < 4.78 is 0. The van der Waals surface area contributed by atoms with Gasteiger partial charge in [0.1, 0.15) is 0 Å². The monoisotopic (exact) mass is 188 g/mol. The predicted octanol–water partition coefficient (Wildman–Crippen LogP) is 0.517. The molecule has 1 N–H and O–H groups in total. The lowest BCUT2D eigenvalue weighted by atomic mass is 10.2. The lowest BCUT2D eigenvalue weighted by molar-refractivity contribution is -0.128. The van der Waals surface area contributed by atoms with Crippen LogP contribution < -0.4 is 5.32 Å². The fraction of sp³-hybridized carbons (Fsp3) is 0.875. The standard InChI is InChI=1S/C8H16N2OS/c1-3-7-8(11)10(6-9-7)4-5-12-2/h7,9H,3-6H2,1-2H3. The van der Waals surface area contributed by atoms with Crippen molar-refractivity contribution in [1.29, 1.82) is 0 Å². The maximum Gasteiger partial charge on any atom is 0.240 e. The zero-order chi connectivity index (χ0) is 8.97. The molecule has 12 heavy (non-hydrogen) atoms. The van der Waals surface area contributed by atoms with Gasteiger partial charge in [-0.05, 0) is 12.7 Å². The van der Waals surface area contributed by atoms with Crippen LogP contribution in [0.2, 0.25) is 0 Å². The summed E-state index contributed by atoms with van der Waals surface area (Å²) in [5.41, 5.74) is 0. The van der Waals surface area contributed by atoms with E-state index in [4.69, 9.17) is 0 Å². The largest absolute Gasteiger partial charge is 0.328 e. The third kappa shape index (κ3) is 2.14. The summed E-state index contributed by atoms with van der Waals surface area (Å²) in [5, 5.41) is 3.18. The quantitative estimate of drug-likeness (QED) is 0.698. The molecular formula is C8H16N2OS. The third-order valence-electron chi connectivity index (χ3n) is 2.11. The molecule has 0 radical (unpaired) electrons. The molecule has 3 nitrogen and oxygen atoms in total. The molecule has 1 saturated heterocycles. The van der Waals surface area contributed by atoms with Gasteiger partial charge in [-0.2, -0.15) is 11.8 Å². The van der Waals surface area contributed by atoms with Crippen LogP contribution in [0.15, 0.2) is 0 Å². The van der Waals surface area contributed by atoms with Crippen LogP contribution in [-0.4, -0.2) is 42.1 Å². The molecule has 4 heteroatoms. The lowest BCUT2D eigenvalue weighted by Crippen LogP contribution is -2.31. The highest BCUT2D eigenvalue weighted by Gasteiger charge is 2.28. The second kappa shape index (κ2) is 4.72. The van der Waals surface area contributed by atoms with Crippen molar-refractivity contribution >= 4 is 17.7 Å². The summed E-state index contributed by atoms with van der Waals surface area (Å²) in [4.78, 5) is 13.4. The number of carbonyl (C=O) groups is 1. The van der Waals surface area contributed by atoms with E-state index in [1.54, 1.807) is 11.8 Å². The molecule has 1 rings (SSSR count). The van der Waals surface area contributed by atoms with Gasteiger partial charge in [-0.1, -0.05) is 6.92 Å². The summed E-state index contributed by atoms with van der Waals surface area (Å²) in [6.45, 7) is 3.65. The first kappa shape index (κ1) is 9.86. The van der Waals surface area contributed by atoms with Crippen LogP contribution in [0.3, 0.4) is 0 Å². The average Bonchev–Trinajstić information content (AvgIpc) is 2.43. The van der Waals surface area contributed by atoms with E-state index in [0.29, 0.717) is 0 Å². The number of rotatable bonds is 4. The molecule has 70 valence electrons. The van der Waals surface area contributed by atoms with Crippen LogP contribution in [0.4, 0.5) is 0 Å². The van der Waals surface area contributed by atoms with Crippen molar-refractivity contribution in [2.75, 3.05) is 25.2 Å². The maximum absolute atomic E-state index is 11.5. The molecule has 1 fully saturated rings. The Bertz CT molecular complexity index is 163. The highest BCUT2D eigenvalue weighted by Crippen LogP contribution is 2.07. The van der Waals surface area contributed by atoms with Gasteiger partial charge >= 0.3 is 0 Å². The van der Waals surface area contributed by atoms with E-state index in [-0.39, 0.29) is 11.9 Å². The van der Waals surface area contributed by atoms with Crippen LogP contribution in [0, 0.1) is 0 Å². The molecule has 1 amide bonds. The summed E-state index contributed by atoms with van der Waals surface area (Å²) in [6, 6.07) is 0.0758. The van der Waals surface area contributed by atoms with Crippen LogP contribution >= 0.6 is 11.8 Å². The zero-order valence-corrected chi connectivity index (χ0v) is 8.49. The molecule has 1 atom stereocenters. The minimum absolute atomic E-state index is 0.0758. The molecule has 0 spiro atoms. The van der Waals surface area contributed by atoms with Crippen LogP contribution in [0.25, 0.3) is 0 Å². The predicted molar refractivity (Wildman–Crippen MR) is 52.2 cm³/mol. The minimum Gasteiger partial charge on any atom is -0.328 e. The van der Waals surface area contributed by atoms with Gasteiger partial charge < -0.3 is 4.90 Å². The van der Waals surface area contributed by atoms with Gasteiger partial charge in [0.2, 0.25) is 5.91 Å². The molecule has 0 bridgehead atoms. The summed E-state index contributed by atoms with van der Waals surface area (Å²) in [6.07, 6.45) is 2.96. The van der Waals surface area contributed by atoms with Crippen LogP contribution in [0.1, 0.15) is 13.3 Å². The summed E-state index contributed by atoms with van der Waals surface area (Å²) >= 11 is 1.78. The second-order valence-corrected chi connectivity index (χ2v) is 3.90. The maximum atomic E-state index is 11.5. The van der Waals surface area contributed by atoms with E-state index in [9.17, 15) is 4.79 Å². The minimum atomic E-state index is 0.0758. The Kier molecular flexibility index (Phi) is 3.88. The molecule has 0 aromatic carbocycles. The molecule has 0 saturated carbocycles. The average molecular weight is 188 g/mol.